The first-order chi connectivity index (χ1) is 12.3. The van der Waals surface area contributed by atoms with Gasteiger partial charge in [-0.2, -0.15) is 5.10 Å². The second-order valence-corrected chi connectivity index (χ2v) is 6.77. The second kappa shape index (κ2) is 6.82. The van der Waals surface area contributed by atoms with Crippen molar-refractivity contribution in [2.75, 3.05) is 18.4 Å². The van der Waals surface area contributed by atoms with Crippen LogP contribution in [0.3, 0.4) is 0 Å². The molecule has 1 aliphatic carbocycles. The maximum absolute atomic E-state index is 12.8. The van der Waals surface area contributed by atoms with Gasteiger partial charge in [0.2, 0.25) is 0 Å². The molecule has 0 radical (unpaired) electrons. The third kappa shape index (κ3) is 3.10. The summed E-state index contributed by atoms with van der Waals surface area (Å²) in [5.41, 5.74) is 3.11. The lowest BCUT2D eigenvalue weighted by Gasteiger charge is -2.33. The van der Waals surface area contributed by atoms with Gasteiger partial charge in [-0.05, 0) is 45.1 Å². The summed E-state index contributed by atoms with van der Waals surface area (Å²) in [4.78, 5) is 23.6. The number of hydrogen-bond donors (Lipinski definition) is 1. The molecule has 1 fully saturated rings. The lowest BCUT2D eigenvalue weighted by molar-refractivity contribution is 0.0702. The molecular weight excluding hydrogens is 316 g/mol. The van der Waals surface area contributed by atoms with E-state index in [1.54, 1.807) is 23.3 Å². The van der Waals surface area contributed by atoms with E-state index in [9.17, 15) is 4.79 Å². The van der Waals surface area contributed by atoms with Crippen LogP contribution in [0.1, 0.15) is 47.9 Å². The summed E-state index contributed by atoms with van der Waals surface area (Å²) >= 11 is 0. The minimum absolute atomic E-state index is 0.0683. The first kappa shape index (κ1) is 16.1. The number of piperidine rings is 1. The molecule has 25 heavy (non-hydrogen) atoms. The quantitative estimate of drug-likeness (QED) is 0.920. The molecule has 1 atom stereocenters. The highest BCUT2D eigenvalue weighted by Gasteiger charge is 2.27. The van der Waals surface area contributed by atoms with E-state index in [4.69, 9.17) is 0 Å². The molecule has 1 amide bonds. The predicted molar refractivity (Wildman–Crippen MR) is 94.5 cm³/mol. The molecule has 7 heteroatoms. The van der Waals surface area contributed by atoms with Gasteiger partial charge in [0.25, 0.3) is 5.91 Å². The SMILES string of the molecule is CCn1nccc1C(=O)N1CCC[C@@H](Nc2ncnc3c2CCC3)C1. The van der Waals surface area contributed by atoms with Gasteiger partial charge in [0.05, 0.1) is 0 Å². The van der Waals surface area contributed by atoms with Crippen molar-refractivity contribution in [2.45, 2.75) is 51.6 Å². The molecule has 2 aliphatic rings. The Morgan fingerprint density at radius 1 is 1.32 bits per heavy atom. The van der Waals surface area contributed by atoms with Crippen LogP contribution in [0.15, 0.2) is 18.6 Å². The Balaban J connectivity index is 1.47. The van der Waals surface area contributed by atoms with Crippen LogP contribution in [0.5, 0.6) is 0 Å². The molecule has 132 valence electrons. The summed E-state index contributed by atoms with van der Waals surface area (Å²) in [5, 5.41) is 7.79. The monoisotopic (exact) mass is 340 g/mol. The number of hydrogen-bond acceptors (Lipinski definition) is 5. The van der Waals surface area contributed by atoms with Gasteiger partial charge in [-0.25, -0.2) is 9.97 Å². The van der Waals surface area contributed by atoms with Crippen molar-refractivity contribution in [3.05, 3.63) is 35.5 Å². The van der Waals surface area contributed by atoms with Gasteiger partial charge in [0.15, 0.2) is 0 Å². The first-order valence-corrected chi connectivity index (χ1v) is 9.16. The van der Waals surface area contributed by atoms with E-state index >= 15 is 0 Å². The van der Waals surface area contributed by atoms with Crippen molar-refractivity contribution >= 4 is 11.7 Å². The third-order valence-electron chi connectivity index (χ3n) is 5.16. The van der Waals surface area contributed by atoms with Crippen molar-refractivity contribution in [3.8, 4) is 0 Å². The average Bonchev–Trinajstić information content (AvgIpc) is 3.30. The molecule has 0 bridgehead atoms. The highest BCUT2D eigenvalue weighted by Crippen LogP contribution is 2.26. The first-order valence-electron chi connectivity index (χ1n) is 9.16. The molecule has 7 nitrogen and oxygen atoms in total. The lowest BCUT2D eigenvalue weighted by Crippen LogP contribution is -2.45. The highest BCUT2D eigenvalue weighted by molar-refractivity contribution is 5.92. The van der Waals surface area contributed by atoms with E-state index in [1.165, 1.54) is 11.3 Å². The van der Waals surface area contributed by atoms with Crippen LogP contribution in [-0.4, -0.2) is 49.7 Å². The molecule has 0 unspecified atom stereocenters. The van der Waals surface area contributed by atoms with Crippen LogP contribution < -0.4 is 5.32 Å². The number of aromatic nitrogens is 4. The number of rotatable bonds is 4. The van der Waals surface area contributed by atoms with Gasteiger partial charge in [-0.15, -0.1) is 0 Å². The van der Waals surface area contributed by atoms with Crippen molar-refractivity contribution in [1.29, 1.82) is 0 Å². The minimum atomic E-state index is 0.0683. The zero-order valence-electron chi connectivity index (χ0n) is 14.6. The molecular formula is C18H24N6O. The Labute approximate surface area is 147 Å². The van der Waals surface area contributed by atoms with Gasteiger partial charge in [0, 0.05) is 43.1 Å². The van der Waals surface area contributed by atoms with E-state index in [2.05, 4.69) is 20.4 Å². The number of nitrogens with zero attached hydrogens (tertiary/aromatic N) is 5. The molecule has 4 rings (SSSR count). The molecule has 0 spiro atoms. The summed E-state index contributed by atoms with van der Waals surface area (Å²) in [6.45, 7) is 4.21. The summed E-state index contributed by atoms with van der Waals surface area (Å²) in [5.74, 6) is 1.03. The Bertz CT molecular complexity index is 771. The van der Waals surface area contributed by atoms with Gasteiger partial charge in [-0.3, -0.25) is 9.48 Å². The maximum atomic E-state index is 12.8. The summed E-state index contributed by atoms with van der Waals surface area (Å²) < 4.78 is 1.76. The number of amides is 1. The van der Waals surface area contributed by atoms with Crippen LogP contribution >= 0.6 is 0 Å². The van der Waals surface area contributed by atoms with Crippen LogP contribution in [0.25, 0.3) is 0 Å². The van der Waals surface area contributed by atoms with Crippen LogP contribution in [0, 0.1) is 0 Å². The fourth-order valence-electron chi connectivity index (χ4n) is 3.89. The number of likely N-dealkylation sites (tertiary alicyclic amines) is 1. The number of anilines is 1. The Morgan fingerprint density at radius 2 is 2.24 bits per heavy atom. The van der Waals surface area contributed by atoms with Crippen molar-refractivity contribution in [2.24, 2.45) is 0 Å². The van der Waals surface area contributed by atoms with Crippen LogP contribution in [0.4, 0.5) is 5.82 Å². The summed E-state index contributed by atoms with van der Waals surface area (Å²) in [6.07, 6.45) is 8.64. The topological polar surface area (TPSA) is 75.9 Å². The fraction of sp³-hybridized carbons (Fsp3) is 0.556. The zero-order chi connectivity index (χ0) is 17.2. The normalized spacial score (nSPS) is 19.7. The number of fused-ring (bicyclic) bond motifs is 1. The molecule has 2 aromatic heterocycles. The number of carbonyl (C=O) groups excluding carboxylic acids is 1. The van der Waals surface area contributed by atoms with Crippen LogP contribution in [-0.2, 0) is 19.4 Å². The minimum Gasteiger partial charge on any atom is -0.365 e. The molecule has 0 saturated carbocycles. The number of carbonyl (C=O) groups is 1. The Morgan fingerprint density at radius 3 is 3.12 bits per heavy atom. The smallest absolute Gasteiger partial charge is 0.272 e. The molecule has 1 N–H and O–H groups in total. The van der Waals surface area contributed by atoms with Crippen molar-refractivity contribution in [1.82, 2.24) is 24.6 Å². The molecule has 0 aromatic carbocycles. The van der Waals surface area contributed by atoms with Crippen molar-refractivity contribution < 1.29 is 4.79 Å². The predicted octanol–water partition coefficient (Wildman–Crippen LogP) is 1.90. The molecule has 3 heterocycles. The zero-order valence-corrected chi connectivity index (χ0v) is 14.6. The Hall–Kier alpha value is -2.44. The Kier molecular flexibility index (Phi) is 4.38. The maximum Gasteiger partial charge on any atom is 0.272 e. The third-order valence-corrected chi connectivity index (χ3v) is 5.16. The van der Waals surface area contributed by atoms with Gasteiger partial charge in [-0.1, -0.05) is 0 Å². The molecule has 1 saturated heterocycles. The largest absolute Gasteiger partial charge is 0.365 e. The summed E-state index contributed by atoms with van der Waals surface area (Å²) in [7, 11) is 0. The lowest BCUT2D eigenvalue weighted by atomic mass is 10.0. The van der Waals surface area contributed by atoms with E-state index < -0.39 is 0 Å². The van der Waals surface area contributed by atoms with Gasteiger partial charge >= 0.3 is 0 Å². The average molecular weight is 340 g/mol. The van der Waals surface area contributed by atoms with E-state index in [-0.39, 0.29) is 11.9 Å². The van der Waals surface area contributed by atoms with E-state index in [0.29, 0.717) is 18.8 Å². The standard InChI is InChI=1S/C18H24N6O/c1-2-24-16(8-9-21-24)18(25)23-10-4-5-13(11-23)22-17-14-6-3-7-15(14)19-12-20-17/h8-9,12-13H,2-7,10-11H2,1H3,(H,19,20,22)/t13-/m1/s1. The summed E-state index contributed by atoms with van der Waals surface area (Å²) in [6, 6.07) is 2.04. The van der Waals surface area contributed by atoms with Crippen molar-refractivity contribution in [3.63, 3.8) is 0 Å². The highest BCUT2D eigenvalue weighted by atomic mass is 16.2. The van der Waals surface area contributed by atoms with E-state index in [1.807, 2.05) is 11.8 Å². The van der Waals surface area contributed by atoms with E-state index in [0.717, 1.165) is 44.5 Å². The number of nitrogens with one attached hydrogen (secondary N) is 1. The molecule has 2 aromatic rings. The second-order valence-electron chi connectivity index (χ2n) is 6.77. The van der Waals surface area contributed by atoms with Gasteiger partial charge in [0.1, 0.15) is 17.8 Å². The van der Waals surface area contributed by atoms with Crippen LogP contribution in [0.2, 0.25) is 0 Å². The fourth-order valence-corrected chi connectivity index (χ4v) is 3.89. The van der Waals surface area contributed by atoms with Gasteiger partial charge < -0.3 is 10.2 Å². The number of aryl methyl sites for hydroxylation is 2. The molecule has 1 aliphatic heterocycles.